The topological polar surface area (TPSA) is 57.3 Å². The lowest BCUT2D eigenvalue weighted by Gasteiger charge is -2.31. The van der Waals surface area contributed by atoms with E-state index in [2.05, 4.69) is 20.5 Å². The number of benzene rings is 2. The first-order valence-electron chi connectivity index (χ1n) is 12.4. The quantitative estimate of drug-likeness (QED) is 0.398. The Bertz CT molecular complexity index is 1240. The number of nitrogens with one attached hydrogen (secondary N) is 2. The van der Waals surface area contributed by atoms with Gasteiger partial charge in [-0.2, -0.15) is 13.2 Å². The molecule has 1 saturated heterocycles. The molecule has 9 heteroatoms. The van der Waals surface area contributed by atoms with Gasteiger partial charge in [-0.3, -0.25) is 4.79 Å². The van der Waals surface area contributed by atoms with E-state index in [1.54, 1.807) is 6.07 Å². The Kier molecular flexibility index (Phi) is 6.97. The van der Waals surface area contributed by atoms with Gasteiger partial charge >= 0.3 is 6.18 Å². The van der Waals surface area contributed by atoms with Gasteiger partial charge < -0.3 is 15.5 Å². The zero-order chi connectivity index (χ0) is 25.3. The third-order valence-corrected chi connectivity index (χ3v) is 7.27. The number of hydrogen-bond donors (Lipinski definition) is 2. The molecule has 1 aromatic heterocycles. The lowest BCUT2D eigenvalue weighted by atomic mass is 9.90. The molecule has 3 aromatic rings. The molecule has 0 radical (unpaired) electrons. The molecule has 190 valence electrons. The van der Waals surface area contributed by atoms with Crippen molar-refractivity contribution in [1.29, 1.82) is 0 Å². The summed E-state index contributed by atoms with van der Waals surface area (Å²) in [5.41, 5.74) is 1.38. The molecule has 0 unspecified atom stereocenters. The fourth-order valence-electron chi connectivity index (χ4n) is 5.20. The molecule has 5 nitrogen and oxygen atoms in total. The molecule has 2 heterocycles. The van der Waals surface area contributed by atoms with Crippen LogP contribution in [0.25, 0.3) is 10.9 Å². The van der Waals surface area contributed by atoms with Crippen molar-refractivity contribution in [2.45, 2.75) is 56.8 Å². The van der Waals surface area contributed by atoms with Crippen molar-refractivity contribution < 1.29 is 18.0 Å². The zero-order valence-electron chi connectivity index (χ0n) is 19.7. The average Bonchev–Trinajstić information content (AvgIpc) is 3.39. The maximum atomic E-state index is 13.5. The first-order valence-corrected chi connectivity index (χ1v) is 12.7. The van der Waals surface area contributed by atoms with E-state index < -0.39 is 11.9 Å². The van der Waals surface area contributed by atoms with Crippen LogP contribution < -0.4 is 15.5 Å². The smallest absolute Gasteiger partial charge is 0.382 e. The number of carbonyl (C=O) groups is 1. The molecule has 2 fully saturated rings. The van der Waals surface area contributed by atoms with E-state index in [9.17, 15) is 18.0 Å². The number of nitrogens with zero attached hydrogens (tertiary/aromatic N) is 2. The number of alkyl halides is 3. The summed E-state index contributed by atoms with van der Waals surface area (Å²) in [5, 5.41) is 7.37. The van der Waals surface area contributed by atoms with Gasteiger partial charge in [-0.25, -0.2) is 4.98 Å². The van der Waals surface area contributed by atoms with Crippen LogP contribution in [0.5, 0.6) is 0 Å². The van der Waals surface area contributed by atoms with Crippen LogP contribution in [0, 0.1) is 0 Å². The van der Waals surface area contributed by atoms with Gasteiger partial charge in [0.15, 0.2) is 0 Å². The van der Waals surface area contributed by atoms with Crippen molar-refractivity contribution in [2.75, 3.05) is 23.3 Å². The Morgan fingerprint density at radius 1 is 0.972 bits per heavy atom. The second-order valence-corrected chi connectivity index (χ2v) is 10.1. The summed E-state index contributed by atoms with van der Waals surface area (Å²) in [4.78, 5) is 19.0. The van der Waals surface area contributed by atoms with E-state index >= 15 is 0 Å². The fraction of sp³-hybridized carbons (Fsp3) is 0.407. The summed E-state index contributed by atoms with van der Waals surface area (Å²) in [7, 11) is 0. The Labute approximate surface area is 213 Å². The van der Waals surface area contributed by atoms with Crippen LogP contribution in [0.15, 0.2) is 48.5 Å². The molecule has 2 atom stereocenters. The molecule has 0 spiro atoms. The Balaban J connectivity index is 1.27. The maximum Gasteiger partial charge on any atom is 0.433 e. The third kappa shape index (κ3) is 5.53. The minimum Gasteiger partial charge on any atom is -0.382 e. The minimum absolute atomic E-state index is 0.0687. The molecule has 5 rings (SSSR count). The summed E-state index contributed by atoms with van der Waals surface area (Å²) in [6.07, 6.45) is 0.917. The zero-order valence-corrected chi connectivity index (χ0v) is 20.5. The summed E-state index contributed by atoms with van der Waals surface area (Å²) >= 11 is 6.12. The number of aromatic nitrogens is 1. The van der Waals surface area contributed by atoms with Crippen LogP contribution in [0.3, 0.4) is 0 Å². The van der Waals surface area contributed by atoms with Crippen molar-refractivity contribution in [1.82, 2.24) is 10.3 Å². The molecule has 2 aromatic carbocycles. The minimum atomic E-state index is -4.56. The average molecular weight is 517 g/mol. The van der Waals surface area contributed by atoms with Crippen LogP contribution in [-0.4, -0.2) is 36.1 Å². The summed E-state index contributed by atoms with van der Waals surface area (Å²) in [6.45, 7) is 2.09. The van der Waals surface area contributed by atoms with Crippen LogP contribution in [0.1, 0.15) is 54.6 Å². The standard InChI is InChI=1S/C27H28ClF3N4O/c28-18-8-11-23-22(14-18)24(16-25(34-23)27(29,30)31)32-19-4-3-5-20(15-19)33-26(36)17-6-9-21(10-7-17)35-12-1-2-13-35/h6-11,14,16,19-20H,1-5,12-13,15H2,(H,32,34)(H,33,36)/t19-,20+/m0/s1. The lowest BCUT2D eigenvalue weighted by molar-refractivity contribution is -0.140. The predicted molar refractivity (Wildman–Crippen MR) is 137 cm³/mol. The lowest BCUT2D eigenvalue weighted by Crippen LogP contribution is -2.41. The van der Waals surface area contributed by atoms with Crippen molar-refractivity contribution in [3.05, 3.63) is 64.8 Å². The van der Waals surface area contributed by atoms with Gasteiger partial charge in [0.05, 0.1) is 5.52 Å². The molecule has 36 heavy (non-hydrogen) atoms. The van der Waals surface area contributed by atoms with Gasteiger partial charge in [-0.15, -0.1) is 0 Å². The van der Waals surface area contributed by atoms with E-state index in [0.717, 1.165) is 44.1 Å². The van der Waals surface area contributed by atoms with Gasteiger partial charge in [0, 0.05) is 52.5 Å². The molecule has 0 bridgehead atoms. The SMILES string of the molecule is O=C(N[C@@H]1CCC[C@H](Nc2cc(C(F)(F)F)nc3ccc(Cl)cc23)C1)c1ccc(N2CCCC2)cc1. The van der Waals surface area contributed by atoms with E-state index in [-0.39, 0.29) is 23.5 Å². The molecule has 2 N–H and O–H groups in total. The molecule has 1 aliphatic carbocycles. The van der Waals surface area contributed by atoms with E-state index in [1.165, 1.54) is 25.0 Å². The summed E-state index contributed by atoms with van der Waals surface area (Å²) in [5.74, 6) is -0.130. The fourth-order valence-corrected chi connectivity index (χ4v) is 5.37. The highest BCUT2D eigenvalue weighted by Crippen LogP contribution is 2.35. The largest absolute Gasteiger partial charge is 0.433 e. The molecular formula is C27H28ClF3N4O. The van der Waals surface area contributed by atoms with Gasteiger partial charge in [0.1, 0.15) is 5.69 Å². The molecular weight excluding hydrogens is 489 g/mol. The van der Waals surface area contributed by atoms with Crippen molar-refractivity contribution in [3.63, 3.8) is 0 Å². The number of carbonyl (C=O) groups excluding carboxylic acids is 1. The number of fused-ring (bicyclic) bond motifs is 1. The number of anilines is 2. The van der Waals surface area contributed by atoms with E-state index in [4.69, 9.17) is 11.6 Å². The molecule has 1 amide bonds. The van der Waals surface area contributed by atoms with Gasteiger partial charge in [-0.1, -0.05) is 11.6 Å². The summed E-state index contributed by atoms with van der Waals surface area (Å²) in [6, 6.07) is 13.2. The van der Waals surface area contributed by atoms with Crippen LogP contribution >= 0.6 is 11.6 Å². The molecule has 2 aliphatic rings. The van der Waals surface area contributed by atoms with E-state index in [1.807, 2.05) is 24.3 Å². The highest BCUT2D eigenvalue weighted by atomic mass is 35.5. The van der Waals surface area contributed by atoms with Crippen molar-refractivity contribution in [3.8, 4) is 0 Å². The van der Waals surface area contributed by atoms with Crippen molar-refractivity contribution in [2.24, 2.45) is 0 Å². The van der Waals surface area contributed by atoms with Gasteiger partial charge in [0.2, 0.25) is 0 Å². The highest BCUT2D eigenvalue weighted by Gasteiger charge is 2.34. The van der Waals surface area contributed by atoms with Gasteiger partial charge in [0.25, 0.3) is 5.91 Å². The molecule has 1 aliphatic heterocycles. The van der Waals surface area contributed by atoms with Crippen LogP contribution in [-0.2, 0) is 6.18 Å². The van der Waals surface area contributed by atoms with Gasteiger partial charge in [-0.05, 0) is 87.1 Å². The Morgan fingerprint density at radius 2 is 1.69 bits per heavy atom. The van der Waals surface area contributed by atoms with E-state index in [0.29, 0.717) is 28.1 Å². The first-order chi connectivity index (χ1) is 17.3. The van der Waals surface area contributed by atoms with Crippen molar-refractivity contribution >= 4 is 39.8 Å². The first kappa shape index (κ1) is 24.7. The number of rotatable bonds is 5. The van der Waals surface area contributed by atoms with Crippen LogP contribution in [0.2, 0.25) is 5.02 Å². The second-order valence-electron chi connectivity index (χ2n) is 9.63. The maximum absolute atomic E-state index is 13.5. The number of pyridine rings is 1. The third-order valence-electron chi connectivity index (χ3n) is 7.03. The second kappa shape index (κ2) is 10.2. The predicted octanol–water partition coefficient (Wildman–Crippen LogP) is 6.66. The highest BCUT2D eigenvalue weighted by molar-refractivity contribution is 6.31. The summed E-state index contributed by atoms with van der Waals surface area (Å²) < 4.78 is 40.4. The Hall–Kier alpha value is -3.00. The number of amides is 1. The number of hydrogen-bond acceptors (Lipinski definition) is 4. The normalized spacial score (nSPS) is 20.5. The molecule has 1 saturated carbocycles. The Morgan fingerprint density at radius 3 is 2.42 bits per heavy atom. The van der Waals surface area contributed by atoms with Crippen LogP contribution in [0.4, 0.5) is 24.5 Å². The monoisotopic (exact) mass is 516 g/mol. The number of halogens is 4.